The van der Waals surface area contributed by atoms with Crippen molar-refractivity contribution in [2.45, 2.75) is 25.9 Å². The zero-order valence-electron chi connectivity index (χ0n) is 12.5. The van der Waals surface area contributed by atoms with E-state index in [4.69, 9.17) is 4.74 Å². The molecule has 1 unspecified atom stereocenters. The first-order valence-corrected chi connectivity index (χ1v) is 7.43. The highest BCUT2D eigenvalue weighted by Crippen LogP contribution is 2.20. The van der Waals surface area contributed by atoms with E-state index in [0.717, 1.165) is 26.0 Å². The van der Waals surface area contributed by atoms with Crippen LogP contribution in [0.5, 0.6) is 0 Å². The van der Waals surface area contributed by atoms with E-state index in [1.165, 1.54) is 6.07 Å². The standard InChI is InChI=1S/C16H19FN4O/c1-11-19-15(18-10-12-5-4-8-22-12)9-16(20-11)21-14-7-3-2-6-13(14)17/h2-3,6-7,9,12H,4-5,8,10H2,1H3,(H2,18,19,20,21). The molecule has 1 aromatic carbocycles. The number of ether oxygens (including phenoxy) is 1. The Bertz CT molecular complexity index is 644. The van der Waals surface area contributed by atoms with Gasteiger partial charge in [0.15, 0.2) is 0 Å². The molecule has 0 spiro atoms. The molecule has 1 fully saturated rings. The third-order valence-corrected chi connectivity index (χ3v) is 3.51. The minimum atomic E-state index is -0.312. The lowest BCUT2D eigenvalue weighted by Crippen LogP contribution is -2.19. The van der Waals surface area contributed by atoms with Crippen LogP contribution in [-0.2, 0) is 4.74 Å². The van der Waals surface area contributed by atoms with Crippen LogP contribution in [0.15, 0.2) is 30.3 Å². The van der Waals surface area contributed by atoms with Crippen molar-refractivity contribution in [2.24, 2.45) is 0 Å². The number of halogens is 1. The summed E-state index contributed by atoms with van der Waals surface area (Å²) in [4.78, 5) is 8.64. The molecule has 116 valence electrons. The van der Waals surface area contributed by atoms with Gasteiger partial charge in [-0.3, -0.25) is 0 Å². The summed E-state index contributed by atoms with van der Waals surface area (Å²) >= 11 is 0. The maximum absolute atomic E-state index is 13.7. The molecular formula is C16H19FN4O. The molecule has 0 aliphatic carbocycles. The number of hydrogen-bond donors (Lipinski definition) is 2. The summed E-state index contributed by atoms with van der Waals surface area (Å²) in [5.41, 5.74) is 0.394. The van der Waals surface area contributed by atoms with Crippen LogP contribution in [0.25, 0.3) is 0 Å². The van der Waals surface area contributed by atoms with Crippen molar-refractivity contribution in [2.75, 3.05) is 23.8 Å². The third kappa shape index (κ3) is 3.71. The highest BCUT2D eigenvalue weighted by Gasteiger charge is 2.15. The van der Waals surface area contributed by atoms with Crippen molar-refractivity contribution in [1.29, 1.82) is 0 Å². The Hall–Kier alpha value is -2.21. The lowest BCUT2D eigenvalue weighted by Gasteiger charge is -2.13. The lowest BCUT2D eigenvalue weighted by atomic mass is 10.2. The average Bonchev–Trinajstić information content (AvgIpc) is 3.00. The number of benzene rings is 1. The zero-order valence-corrected chi connectivity index (χ0v) is 12.5. The fourth-order valence-electron chi connectivity index (χ4n) is 2.45. The molecule has 22 heavy (non-hydrogen) atoms. The van der Waals surface area contributed by atoms with Crippen molar-refractivity contribution in [3.8, 4) is 0 Å². The molecule has 5 nitrogen and oxygen atoms in total. The van der Waals surface area contributed by atoms with Gasteiger partial charge < -0.3 is 15.4 Å². The van der Waals surface area contributed by atoms with Gasteiger partial charge in [-0.1, -0.05) is 12.1 Å². The molecule has 1 aliphatic rings. The first-order valence-electron chi connectivity index (χ1n) is 7.43. The number of nitrogens with one attached hydrogen (secondary N) is 2. The number of aryl methyl sites for hydroxylation is 1. The predicted molar refractivity (Wildman–Crippen MR) is 83.9 cm³/mol. The van der Waals surface area contributed by atoms with Gasteiger partial charge in [0.25, 0.3) is 0 Å². The van der Waals surface area contributed by atoms with Crippen LogP contribution in [0.4, 0.5) is 21.7 Å². The van der Waals surface area contributed by atoms with E-state index in [0.29, 0.717) is 23.1 Å². The van der Waals surface area contributed by atoms with Crippen LogP contribution in [0.3, 0.4) is 0 Å². The van der Waals surface area contributed by atoms with E-state index >= 15 is 0 Å². The molecule has 1 aromatic heterocycles. The van der Waals surface area contributed by atoms with E-state index in [2.05, 4.69) is 20.6 Å². The van der Waals surface area contributed by atoms with Gasteiger partial charge in [-0.05, 0) is 31.9 Å². The quantitative estimate of drug-likeness (QED) is 0.888. The van der Waals surface area contributed by atoms with Crippen LogP contribution in [-0.4, -0.2) is 29.2 Å². The minimum Gasteiger partial charge on any atom is -0.376 e. The second-order valence-electron chi connectivity index (χ2n) is 5.31. The SMILES string of the molecule is Cc1nc(NCC2CCCO2)cc(Nc2ccccc2F)n1. The molecule has 0 amide bonds. The Morgan fingerprint density at radius 2 is 2.09 bits per heavy atom. The zero-order chi connectivity index (χ0) is 15.4. The van der Waals surface area contributed by atoms with Gasteiger partial charge >= 0.3 is 0 Å². The largest absolute Gasteiger partial charge is 0.376 e. The van der Waals surface area contributed by atoms with Crippen molar-refractivity contribution < 1.29 is 9.13 Å². The van der Waals surface area contributed by atoms with Crippen LogP contribution >= 0.6 is 0 Å². The predicted octanol–water partition coefficient (Wildman–Crippen LogP) is 3.26. The second kappa shape index (κ2) is 6.70. The number of hydrogen-bond acceptors (Lipinski definition) is 5. The summed E-state index contributed by atoms with van der Waals surface area (Å²) in [6, 6.07) is 8.28. The van der Waals surface area contributed by atoms with E-state index < -0.39 is 0 Å². The highest BCUT2D eigenvalue weighted by atomic mass is 19.1. The van der Waals surface area contributed by atoms with E-state index in [1.807, 2.05) is 6.92 Å². The Kier molecular flexibility index (Phi) is 4.48. The number of nitrogens with zero attached hydrogens (tertiary/aromatic N) is 2. The summed E-state index contributed by atoms with van der Waals surface area (Å²) in [6.45, 7) is 3.36. The van der Waals surface area contributed by atoms with Crippen molar-refractivity contribution in [3.05, 3.63) is 42.0 Å². The fraction of sp³-hybridized carbons (Fsp3) is 0.375. The topological polar surface area (TPSA) is 59.1 Å². The highest BCUT2D eigenvalue weighted by molar-refractivity contribution is 5.59. The lowest BCUT2D eigenvalue weighted by molar-refractivity contribution is 0.120. The third-order valence-electron chi connectivity index (χ3n) is 3.51. The monoisotopic (exact) mass is 302 g/mol. The fourth-order valence-corrected chi connectivity index (χ4v) is 2.45. The van der Waals surface area contributed by atoms with E-state index in [1.54, 1.807) is 24.3 Å². The van der Waals surface area contributed by atoms with Crippen LogP contribution < -0.4 is 10.6 Å². The maximum atomic E-state index is 13.7. The van der Waals surface area contributed by atoms with Gasteiger partial charge in [0.1, 0.15) is 23.3 Å². The molecule has 1 atom stereocenters. The molecule has 3 rings (SSSR count). The molecule has 2 heterocycles. The number of rotatable bonds is 5. The summed E-state index contributed by atoms with van der Waals surface area (Å²) in [6.07, 6.45) is 2.41. The van der Waals surface area contributed by atoms with Crippen LogP contribution in [0.2, 0.25) is 0 Å². The normalized spacial score (nSPS) is 17.5. The van der Waals surface area contributed by atoms with Gasteiger partial charge in [-0.25, -0.2) is 14.4 Å². The van der Waals surface area contributed by atoms with Gasteiger partial charge in [0, 0.05) is 19.2 Å². The van der Waals surface area contributed by atoms with Gasteiger partial charge in [-0.15, -0.1) is 0 Å². The molecule has 2 aromatic rings. The van der Waals surface area contributed by atoms with Crippen LogP contribution in [0, 0.1) is 12.7 Å². The van der Waals surface area contributed by atoms with Crippen molar-refractivity contribution in [3.63, 3.8) is 0 Å². The smallest absolute Gasteiger partial charge is 0.146 e. The molecule has 0 bridgehead atoms. The van der Waals surface area contributed by atoms with Gasteiger partial charge in [0.2, 0.25) is 0 Å². The van der Waals surface area contributed by atoms with Crippen molar-refractivity contribution >= 4 is 17.3 Å². The molecule has 0 radical (unpaired) electrons. The summed E-state index contributed by atoms with van der Waals surface area (Å²) in [7, 11) is 0. The number of anilines is 3. The van der Waals surface area contributed by atoms with Crippen LogP contribution in [0.1, 0.15) is 18.7 Å². The molecule has 1 saturated heterocycles. The average molecular weight is 302 g/mol. The summed E-state index contributed by atoms with van der Waals surface area (Å²) in [5, 5.41) is 6.24. The second-order valence-corrected chi connectivity index (χ2v) is 5.31. The molecular weight excluding hydrogens is 283 g/mol. The Labute approximate surface area is 128 Å². The molecule has 6 heteroatoms. The Morgan fingerprint density at radius 3 is 2.86 bits per heavy atom. The maximum Gasteiger partial charge on any atom is 0.146 e. The van der Waals surface area contributed by atoms with E-state index in [9.17, 15) is 4.39 Å². The van der Waals surface area contributed by atoms with Gasteiger partial charge in [0.05, 0.1) is 11.8 Å². The van der Waals surface area contributed by atoms with Gasteiger partial charge in [-0.2, -0.15) is 0 Å². The van der Waals surface area contributed by atoms with E-state index in [-0.39, 0.29) is 11.9 Å². The Balaban J connectivity index is 1.70. The molecule has 1 aliphatic heterocycles. The summed E-state index contributed by atoms with van der Waals surface area (Å²) in [5.74, 6) is 1.58. The number of para-hydroxylation sites is 1. The molecule has 2 N–H and O–H groups in total. The van der Waals surface area contributed by atoms with Crippen molar-refractivity contribution in [1.82, 2.24) is 9.97 Å². The molecule has 0 saturated carbocycles. The Morgan fingerprint density at radius 1 is 1.27 bits per heavy atom. The number of aromatic nitrogens is 2. The first-order chi connectivity index (χ1) is 10.7. The first kappa shape index (κ1) is 14.7. The minimum absolute atomic E-state index is 0.234. The summed E-state index contributed by atoms with van der Waals surface area (Å²) < 4.78 is 19.3.